The van der Waals surface area contributed by atoms with Crippen LogP contribution in [0.4, 0.5) is 0 Å². The van der Waals surface area contributed by atoms with Crippen molar-refractivity contribution in [1.82, 2.24) is 9.80 Å². The standard InChI is InChI=1S/C20H24N2O4/c1-13-8-10-21(11-9-13)19(24)15(3)26-18(23)12-22-14(2)16-6-4-5-7-17(16)20(22)25/h4-7,13,15H,2,8-12H2,1,3H3. The number of carbonyl (C=O) groups is 3. The van der Waals surface area contributed by atoms with Crippen molar-refractivity contribution in [2.24, 2.45) is 5.92 Å². The summed E-state index contributed by atoms with van der Waals surface area (Å²) in [5, 5.41) is 0. The first-order valence-corrected chi connectivity index (χ1v) is 8.97. The largest absolute Gasteiger partial charge is 0.451 e. The van der Waals surface area contributed by atoms with Crippen LogP contribution >= 0.6 is 0 Å². The highest BCUT2D eigenvalue weighted by molar-refractivity contribution is 6.10. The smallest absolute Gasteiger partial charge is 0.326 e. The summed E-state index contributed by atoms with van der Waals surface area (Å²) in [5.74, 6) is -0.448. The van der Waals surface area contributed by atoms with E-state index in [0.717, 1.165) is 18.4 Å². The summed E-state index contributed by atoms with van der Waals surface area (Å²) in [7, 11) is 0. The van der Waals surface area contributed by atoms with Crippen molar-refractivity contribution in [1.29, 1.82) is 0 Å². The Balaban J connectivity index is 1.57. The van der Waals surface area contributed by atoms with Crippen LogP contribution in [0.5, 0.6) is 0 Å². The van der Waals surface area contributed by atoms with E-state index in [2.05, 4.69) is 13.5 Å². The maximum absolute atomic E-state index is 12.4. The fourth-order valence-electron chi connectivity index (χ4n) is 3.40. The zero-order valence-electron chi connectivity index (χ0n) is 15.2. The Morgan fingerprint density at radius 3 is 2.46 bits per heavy atom. The van der Waals surface area contributed by atoms with Crippen LogP contribution in [-0.2, 0) is 14.3 Å². The SMILES string of the molecule is C=C1c2ccccc2C(=O)N1CC(=O)OC(C)C(=O)N1CCC(C)CC1. The predicted molar refractivity (Wildman–Crippen MR) is 97.0 cm³/mol. The van der Waals surface area contributed by atoms with E-state index in [1.807, 2.05) is 6.07 Å². The van der Waals surface area contributed by atoms with E-state index in [9.17, 15) is 14.4 Å². The predicted octanol–water partition coefficient (Wildman–Crippen LogP) is 2.30. The molecule has 0 aromatic heterocycles. The average molecular weight is 356 g/mol. The van der Waals surface area contributed by atoms with Gasteiger partial charge >= 0.3 is 5.97 Å². The number of carbonyl (C=O) groups excluding carboxylic acids is 3. The van der Waals surface area contributed by atoms with Gasteiger partial charge in [-0.25, -0.2) is 0 Å². The Hall–Kier alpha value is -2.63. The number of rotatable bonds is 4. The van der Waals surface area contributed by atoms with Gasteiger partial charge in [-0.1, -0.05) is 31.7 Å². The zero-order valence-corrected chi connectivity index (χ0v) is 15.2. The molecule has 1 aromatic rings. The molecule has 3 rings (SSSR count). The average Bonchev–Trinajstić information content (AvgIpc) is 2.87. The highest BCUT2D eigenvalue weighted by Crippen LogP contribution is 2.30. The van der Waals surface area contributed by atoms with Crippen LogP contribution in [0.15, 0.2) is 30.8 Å². The van der Waals surface area contributed by atoms with E-state index in [-0.39, 0.29) is 18.4 Å². The molecule has 0 saturated carbocycles. The molecule has 2 heterocycles. The van der Waals surface area contributed by atoms with Gasteiger partial charge in [0.05, 0.1) is 0 Å². The molecule has 0 spiro atoms. The zero-order chi connectivity index (χ0) is 18.8. The molecule has 1 fully saturated rings. The third kappa shape index (κ3) is 3.49. The topological polar surface area (TPSA) is 66.9 Å². The molecule has 2 aliphatic heterocycles. The second-order valence-electron chi connectivity index (χ2n) is 7.02. The van der Waals surface area contributed by atoms with E-state index in [1.165, 1.54) is 4.90 Å². The Bertz CT molecular complexity index is 715. The summed E-state index contributed by atoms with van der Waals surface area (Å²) >= 11 is 0. The van der Waals surface area contributed by atoms with Crippen molar-refractivity contribution < 1.29 is 19.1 Å². The lowest BCUT2D eigenvalue weighted by Gasteiger charge is -2.32. The van der Waals surface area contributed by atoms with Gasteiger partial charge in [-0.05, 0) is 31.7 Å². The maximum Gasteiger partial charge on any atom is 0.326 e. The van der Waals surface area contributed by atoms with Crippen LogP contribution in [0.1, 0.15) is 42.6 Å². The normalized spacial score (nSPS) is 18.7. The molecule has 138 valence electrons. The van der Waals surface area contributed by atoms with Crippen LogP contribution in [0.2, 0.25) is 0 Å². The molecule has 2 aliphatic rings. The number of nitrogens with zero attached hydrogens (tertiary/aromatic N) is 2. The molecule has 1 aromatic carbocycles. The first-order chi connectivity index (χ1) is 12.4. The molecule has 6 nitrogen and oxygen atoms in total. The Kier molecular flexibility index (Phi) is 5.11. The van der Waals surface area contributed by atoms with Gasteiger partial charge in [0.15, 0.2) is 6.10 Å². The molecule has 1 unspecified atom stereocenters. The lowest BCUT2D eigenvalue weighted by Crippen LogP contribution is -2.44. The van der Waals surface area contributed by atoms with Gasteiger partial charge in [-0.2, -0.15) is 0 Å². The summed E-state index contributed by atoms with van der Waals surface area (Å²) in [6, 6.07) is 7.09. The minimum Gasteiger partial charge on any atom is -0.451 e. The van der Waals surface area contributed by atoms with Crippen molar-refractivity contribution >= 4 is 23.5 Å². The van der Waals surface area contributed by atoms with E-state index >= 15 is 0 Å². The molecule has 0 bridgehead atoms. The molecule has 0 radical (unpaired) electrons. The maximum atomic E-state index is 12.4. The monoisotopic (exact) mass is 356 g/mol. The number of likely N-dealkylation sites (tertiary alicyclic amines) is 1. The molecule has 6 heteroatoms. The van der Waals surface area contributed by atoms with Gasteiger partial charge < -0.3 is 9.64 Å². The summed E-state index contributed by atoms with van der Waals surface area (Å²) in [6.07, 6.45) is 1.07. The molecule has 26 heavy (non-hydrogen) atoms. The fourth-order valence-corrected chi connectivity index (χ4v) is 3.40. The Morgan fingerprint density at radius 2 is 1.85 bits per heavy atom. The summed E-state index contributed by atoms with van der Waals surface area (Å²) in [5.41, 5.74) is 1.72. The van der Waals surface area contributed by atoms with Crippen LogP contribution < -0.4 is 0 Å². The van der Waals surface area contributed by atoms with E-state index in [4.69, 9.17) is 4.74 Å². The van der Waals surface area contributed by atoms with Crippen molar-refractivity contribution in [2.45, 2.75) is 32.8 Å². The van der Waals surface area contributed by atoms with Crippen molar-refractivity contribution in [3.8, 4) is 0 Å². The Labute approximate surface area is 153 Å². The van der Waals surface area contributed by atoms with Crippen molar-refractivity contribution in [3.63, 3.8) is 0 Å². The summed E-state index contributed by atoms with van der Waals surface area (Å²) in [6.45, 7) is 8.78. The van der Waals surface area contributed by atoms with Crippen LogP contribution in [-0.4, -0.2) is 53.3 Å². The van der Waals surface area contributed by atoms with E-state index < -0.39 is 12.1 Å². The summed E-state index contributed by atoms with van der Waals surface area (Å²) < 4.78 is 5.28. The summed E-state index contributed by atoms with van der Waals surface area (Å²) in [4.78, 5) is 40.2. The van der Waals surface area contributed by atoms with Crippen LogP contribution in [0.25, 0.3) is 5.70 Å². The number of hydrogen-bond acceptors (Lipinski definition) is 4. The molecule has 1 atom stereocenters. The molecule has 1 saturated heterocycles. The Morgan fingerprint density at radius 1 is 1.23 bits per heavy atom. The number of esters is 1. The van der Waals surface area contributed by atoms with Crippen molar-refractivity contribution in [3.05, 3.63) is 42.0 Å². The second-order valence-corrected chi connectivity index (χ2v) is 7.02. The number of amides is 2. The van der Waals surface area contributed by atoms with Gasteiger partial charge in [-0.15, -0.1) is 0 Å². The first kappa shape index (κ1) is 18.2. The molecule has 0 aliphatic carbocycles. The first-order valence-electron chi connectivity index (χ1n) is 8.97. The van der Waals surface area contributed by atoms with Gasteiger partial charge in [0, 0.05) is 29.9 Å². The van der Waals surface area contributed by atoms with Gasteiger partial charge in [0.1, 0.15) is 6.54 Å². The number of fused-ring (bicyclic) bond motifs is 1. The molecular formula is C20H24N2O4. The number of ether oxygens (including phenoxy) is 1. The highest BCUT2D eigenvalue weighted by atomic mass is 16.5. The quantitative estimate of drug-likeness (QED) is 0.777. The molecule has 0 N–H and O–H groups in total. The third-order valence-electron chi connectivity index (χ3n) is 5.08. The van der Waals surface area contributed by atoms with E-state index in [0.29, 0.717) is 30.3 Å². The molecular weight excluding hydrogens is 332 g/mol. The van der Waals surface area contributed by atoms with E-state index in [1.54, 1.807) is 30.0 Å². The lowest BCUT2D eigenvalue weighted by atomic mass is 9.99. The number of piperidine rings is 1. The second kappa shape index (κ2) is 7.32. The minimum atomic E-state index is -0.857. The minimum absolute atomic E-state index is 0.180. The number of hydrogen-bond donors (Lipinski definition) is 0. The van der Waals surface area contributed by atoms with Crippen LogP contribution in [0, 0.1) is 5.92 Å². The van der Waals surface area contributed by atoms with Crippen molar-refractivity contribution in [2.75, 3.05) is 19.6 Å². The highest BCUT2D eigenvalue weighted by Gasteiger charge is 2.33. The van der Waals surface area contributed by atoms with Gasteiger partial charge in [0.2, 0.25) is 0 Å². The molecule has 2 amide bonds. The van der Waals surface area contributed by atoms with Gasteiger partial charge in [0.25, 0.3) is 11.8 Å². The lowest BCUT2D eigenvalue weighted by molar-refractivity contribution is -0.159. The third-order valence-corrected chi connectivity index (χ3v) is 5.08. The van der Waals surface area contributed by atoms with Gasteiger partial charge in [-0.3, -0.25) is 19.3 Å². The number of benzene rings is 1. The van der Waals surface area contributed by atoms with Crippen LogP contribution in [0.3, 0.4) is 0 Å². The fraction of sp³-hybridized carbons (Fsp3) is 0.450.